The third kappa shape index (κ3) is 4.04. The summed E-state index contributed by atoms with van der Waals surface area (Å²) in [5, 5.41) is 4.37. The molecule has 1 aromatic heterocycles. The van der Waals surface area contributed by atoms with Crippen LogP contribution in [0, 0.1) is 0 Å². The molecule has 25 heavy (non-hydrogen) atoms. The predicted molar refractivity (Wildman–Crippen MR) is 111 cm³/mol. The van der Waals surface area contributed by atoms with Gasteiger partial charge in [0.2, 0.25) is 0 Å². The van der Waals surface area contributed by atoms with Crippen LogP contribution >= 0.6 is 7.26 Å². The van der Waals surface area contributed by atoms with Crippen molar-refractivity contribution in [1.82, 2.24) is 9.97 Å². The van der Waals surface area contributed by atoms with E-state index in [1.165, 1.54) is 15.9 Å². The van der Waals surface area contributed by atoms with Gasteiger partial charge in [-0.25, -0.2) is 4.98 Å². The molecular weight excluding hydrogens is 323 g/mol. The van der Waals surface area contributed by atoms with Crippen LogP contribution in [0.1, 0.15) is 0 Å². The van der Waals surface area contributed by atoms with Gasteiger partial charge >= 0.3 is 121 Å². The molecule has 0 aliphatic heterocycles. The Bertz CT molecular complexity index is 731. The van der Waals surface area contributed by atoms with Gasteiger partial charge in [0.25, 0.3) is 0 Å². The number of nitrogens with one attached hydrogen (secondary N) is 1. The van der Waals surface area contributed by atoms with E-state index in [4.69, 9.17) is 0 Å². The molecule has 0 unspecified atom stereocenters. The Kier molecular flexibility index (Phi) is 5.77. The quantitative estimate of drug-likeness (QED) is 0.562. The third-order valence-electron chi connectivity index (χ3n) is 4.46. The number of H-pyrrole nitrogens is 1. The van der Waals surface area contributed by atoms with Gasteiger partial charge in [-0.15, -0.1) is 0 Å². The fourth-order valence-electron chi connectivity index (χ4n) is 3.03. The molecule has 3 heteroatoms. The van der Waals surface area contributed by atoms with E-state index in [2.05, 4.69) is 108 Å². The average Bonchev–Trinajstić information content (AvgIpc) is 3.30. The number of aromatic nitrogens is 2. The summed E-state index contributed by atoms with van der Waals surface area (Å²) in [5.41, 5.74) is 0. The molecule has 0 radical (unpaired) electrons. The molecule has 4 aromatic rings. The molecule has 0 amide bonds. The molecule has 0 spiro atoms. The Morgan fingerprint density at radius 2 is 1.04 bits per heavy atom. The van der Waals surface area contributed by atoms with Crippen LogP contribution in [-0.4, -0.2) is 16.6 Å². The Morgan fingerprint density at radius 1 is 0.640 bits per heavy atom. The topological polar surface area (TPSA) is 28.7 Å². The van der Waals surface area contributed by atoms with Crippen LogP contribution in [0.5, 0.6) is 0 Å². The van der Waals surface area contributed by atoms with Gasteiger partial charge in [-0.1, -0.05) is 0 Å². The number of hydrogen-bond acceptors (Lipinski definition) is 1. The van der Waals surface area contributed by atoms with Crippen LogP contribution in [0.3, 0.4) is 0 Å². The molecule has 126 valence electrons. The Morgan fingerprint density at radius 3 is 1.28 bits per heavy atom. The molecule has 0 atom stereocenters. The second-order valence-corrected chi connectivity index (χ2v) is 9.97. The first-order valence-corrected chi connectivity index (χ1v) is 10.9. The molecule has 0 aliphatic rings. The first kappa shape index (κ1) is 17.1. The summed E-state index contributed by atoms with van der Waals surface area (Å²) in [6, 6.07) is 32.8. The van der Waals surface area contributed by atoms with Gasteiger partial charge < -0.3 is 4.98 Å². The maximum absolute atomic E-state index is 3.67. The Labute approximate surface area is 149 Å². The number of aromatic amines is 1. The summed E-state index contributed by atoms with van der Waals surface area (Å²) in [5.74, 6) is 0. The molecule has 2 nitrogen and oxygen atoms in total. The number of hydrogen-bond donors (Lipinski definition) is 1. The largest absolute Gasteiger partial charge is 0.351 e. The zero-order valence-electron chi connectivity index (χ0n) is 14.3. The minimum atomic E-state index is -1.88. The van der Waals surface area contributed by atoms with Crippen LogP contribution in [0.2, 0.25) is 0 Å². The molecule has 0 bridgehead atoms. The van der Waals surface area contributed by atoms with E-state index >= 15 is 0 Å². The molecule has 0 aliphatic carbocycles. The molecule has 0 fully saturated rings. The summed E-state index contributed by atoms with van der Waals surface area (Å²) in [4.78, 5) is 6.42. The fourth-order valence-corrected chi connectivity index (χ4v) is 6.61. The Hall–Kier alpha value is -2.70. The summed E-state index contributed by atoms with van der Waals surface area (Å²) in [7, 11) is -1.88. The molecule has 0 saturated carbocycles. The summed E-state index contributed by atoms with van der Waals surface area (Å²) in [6.07, 6.45) is 5.08. The van der Waals surface area contributed by atoms with Gasteiger partial charge in [0, 0.05) is 12.4 Å². The van der Waals surface area contributed by atoms with Crippen molar-refractivity contribution in [3.05, 3.63) is 110 Å². The first-order chi connectivity index (χ1) is 12.3. The number of imidazole rings is 1. The standard InChI is InChI=1S/C19H19P.C3H4N2/c1-20(17-11-5-2-6-12-17,18-13-7-3-8-14-18)19-15-9-4-10-16-19;1-2-5-3-4-1/h2-16,20H,1H3;1-3H,(H,4,5). The minimum Gasteiger partial charge on any atom is -0.351 e. The van der Waals surface area contributed by atoms with E-state index in [1.54, 1.807) is 18.7 Å². The van der Waals surface area contributed by atoms with Crippen molar-refractivity contribution in [2.75, 3.05) is 6.66 Å². The SMILES string of the molecule is C[PH](c1ccccc1)(c1ccccc1)c1ccccc1.c1c[nH]cn1. The van der Waals surface area contributed by atoms with Gasteiger partial charge in [-0.05, 0) is 0 Å². The maximum atomic E-state index is 3.67. The number of benzene rings is 3. The van der Waals surface area contributed by atoms with Crippen LogP contribution in [0.4, 0.5) is 0 Å². The van der Waals surface area contributed by atoms with Gasteiger partial charge in [0.05, 0.1) is 6.33 Å². The van der Waals surface area contributed by atoms with Gasteiger partial charge in [-0.3, -0.25) is 0 Å². The molecule has 3 aromatic carbocycles. The molecule has 4 rings (SSSR count). The van der Waals surface area contributed by atoms with Gasteiger partial charge in [0.1, 0.15) is 0 Å². The monoisotopic (exact) mass is 346 g/mol. The Balaban J connectivity index is 0.000000314. The molecule has 1 heterocycles. The molecule has 0 saturated heterocycles. The smallest absolute Gasteiger partial charge is 0.0919 e. The van der Waals surface area contributed by atoms with Crippen molar-refractivity contribution in [3.8, 4) is 0 Å². The van der Waals surface area contributed by atoms with Crippen LogP contribution < -0.4 is 15.9 Å². The molecular formula is C22H23N2P. The van der Waals surface area contributed by atoms with E-state index in [0.29, 0.717) is 0 Å². The second-order valence-electron chi connectivity index (χ2n) is 5.98. The van der Waals surface area contributed by atoms with Crippen molar-refractivity contribution in [3.63, 3.8) is 0 Å². The van der Waals surface area contributed by atoms with Crippen molar-refractivity contribution in [2.24, 2.45) is 0 Å². The summed E-state index contributed by atoms with van der Waals surface area (Å²) < 4.78 is 0. The number of rotatable bonds is 3. The van der Waals surface area contributed by atoms with Crippen LogP contribution in [-0.2, 0) is 0 Å². The molecule has 1 N–H and O–H groups in total. The van der Waals surface area contributed by atoms with Crippen molar-refractivity contribution in [2.45, 2.75) is 0 Å². The second kappa shape index (κ2) is 8.41. The van der Waals surface area contributed by atoms with E-state index in [-0.39, 0.29) is 0 Å². The normalized spacial score (nSPS) is 11.2. The summed E-state index contributed by atoms with van der Waals surface area (Å²) in [6.45, 7) is 2.44. The van der Waals surface area contributed by atoms with Gasteiger partial charge in [0.15, 0.2) is 0 Å². The fraction of sp³-hybridized carbons (Fsp3) is 0.0455. The predicted octanol–water partition coefficient (Wildman–Crippen LogP) is 3.75. The van der Waals surface area contributed by atoms with E-state index < -0.39 is 7.26 Å². The van der Waals surface area contributed by atoms with E-state index in [1.807, 2.05) is 0 Å². The maximum Gasteiger partial charge on any atom is 0.0919 e. The van der Waals surface area contributed by atoms with Crippen molar-refractivity contribution < 1.29 is 0 Å². The zero-order chi connectivity index (χ0) is 17.4. The average molecular weight is 346 g/mol. The number of nitrogens with zero attached hydrogens (tertiary/aromatic N) is 1. The first-order valence-electron chi connectivity index (χ1n) is 8.41. The van der Waals surface area contributed by atoms with Crippen molar-refractivity contribution in [1.29, 1.82) is 0 Å². The van der Waals surface area contributed by atoms with Crippen molar-refractivity contribution >= 4 is 23.2 Å². The van der Waals surface area contributed by atoms with Crippen LogP contribution in [0.15, 0.2) is 110 Å². The van der Waals surface area contributed by atoms with E-state index in [9.17, 15) is 0 Å². The zero-order valence-corrected chi connectivity index (χ0v) is 15.3. The summed E-state index contributed by atoms with van der Waals surface area (Å²) >= 11 is 0. The van der Waals surface area contributed by atoms with E-state index in [0.717, 1.165) is 0 Å². The minimum absolute atomic E-state index is 1.46. The third-order valence-corrected chi connectivity index (χ3v) is 8.92. The van der Waals surface area contributed by atoms with Gasteiger partial charge in [-0.2, -0.15) is 0 Å². The van der Waals surface area contributed by atoms with Crippen LogP contribution in [0.25, 0.3) is 0 Å².